The zero-order valence-electron chi connectivity index (χ0n) is 5.55. The molecule has 0 aliphatic rings. The number of hydrogen-bond donors (Lipinski definition) is 0. The van der Waals surface area contributed by atoms with Crippen LogP contribution in [0.2, 0.25) is 0 Å². The molecule has 0 heterocycles. The summed E-state index contributed by atoms with van der Waals surface area (Å²) in [4.78, 5) is 0. The maximum atomic E-state index is 5.52. The molecule has 0 amide bonds. The Morgan fingerprint density at radius 2 is 1.40 bits per heavy atom. The van der Waals surface area contributed by atoms with Gasteiger partial charge in [-0.25, -0.2) is 0 Å². The van der Waals surface area contributed by atoms with Crippen LogP contribution in [0.15, 0.2) is 0 Å². The Morgan fingerprint density at radius 1 is 1.10 bits per heavy atom. The van der Waals surface area contributed by atoms with Crippen LogP contribution in [0.3, 0.4) is 0 Å². The lowest BCUT2D eigenvalue weighted by molar-refractivity contribution is 0.243. The fourth-order valence-electron chi connectivity index (χ4n) is 0.253. The summed E-state index contributed by atoms with van der Waals surface area (Å²) in [5.41, 5.74) is -0.891. The van der Waals surface area contributed by atoms with Gasteiger partial charge in [0.1, 0.15) is 11.1 Å². The van der Waals surface area contributed by atoms with Gasteiger partial charge in [0, 0.05) is 0 Å². The molecule has 0 N–H and O–H groups in total. The first-order valence-electron chi connectivity index (χ1n) is 2.60. The van der Waals surface area contributed by atoms with Gasteiger partial charge in [-0.05, 0) is 25.1 Å². The molecular formula is C4H8Cl3O2P. The van der Waals surface area contributed by atoms with E-state index in [-0.39, 0.29) is 0 Å². The van der Waals surface area contributed by atoms with Gasteiger partial charge in [0.2, 0.25) is 0 Å². The fraction of sp³-hybridized carbons (Fsp3) is 1.00. The number of alkyl halides is 2. The Labute approximate surface area is 76.4 Å². The number of hydrogen-bond acceptors (Lipinski definition) is 2. The first-order chi connectivity index (χ1) is 4.52. The zero-order valence-corrected chi connectivity index (χ0v) is 8.71. The van der Waals surface area contributed by atoms with E-state index in [4.69, 9.17) is 43.5 Å². The van der Waals surface area contributed by atoms with Crippen molar-refractivity contribution < 1.29 is 9.05 Å². The minimum atomic E-state index is -1.45. The van der Waals surface area contributed by atoms with Crippen LogP contribution in [-0.4, -0.2) is 11.1 Å². The largest absolute Gasteiger partial charge is 0.303 e. The van der Waals surface area contributed by atoms with Crippen molar-refractivity contribution in [3.8, 4) is 0 Å². The van der Waals surface area contributed by atoms with Crippen molar-refractivity contribution in [2.75, 3.05) is 0 Å². The number of rotatable bonds is 4. The van der Waals surface area contributed by atoms with Crippen LogP contribution in [0.1, 0.15) is 13.8 Å². The summed E-state index contributed by atoms with van der Waals surface area (Å²) in [5, 5.41) is 0. The van der Waals surface area contributed by atoms with Crippen molar-refractivity contribution >= 4 is 42.2 Å². The lowest BCUT2D eigenvalue weighted by Gasteiger charge is -2.12. The summed E-state index contributed by atoms with van der Waals surface area (Å²) < 4.78 is 9.70. The van der Waals surface area contributed by atoms with E-state index >= 15 is 0 Å². The topological polar surface area (TPSA) is 18.5 Å². The summed E-state index contributed by atoms with van der Waals surface area (Å²) in [7, 11) is -1.45. The second-order valence-corrected chi connectivity index (χ2v) is 4.41. The molecular weight excluding hydrogens is 217 g/mol. The molecule has 0 aromatic rings. The van der Waals surface area contributed by atoms with Gasteiger partial charge in [-0.1, -0.05) is 23.2 Å². The summed E-state index contributed by atoms with van der Waals surface area (Å²) >= 11 is 16.4. The van der Waals surface area contributed by atoms with Crippen LogP contribution in [-0.2, 0) is 9.05 Å². The molecule has 0 aromatic heterocycles. The molecule has 0 fully saturated rings. The fourth-order valence-corrected chi connectivity index (χ4v) is 2.16. The van der Waals surface area contributed by atoms with Crippen molar-refractivity contribution in [3.63, 3.8) is 0 Å². The second kappa shape index (κ2) is 5.82. The van der Waals surface area contributed by atoms with Gasteiger partial charge in [0.15, 0.2) is 0 Å². The second-order valence-electron chi connectivity index (χ2n) is 1.51. The van der Waals surface area contributed by atoms with Crippen LogP contribution in [0, 0.1) is 0 Å². The highest BCUT2D eigenvalue weighted by atomic mass is 35.7. The van der Waals surface area contributed by atoms with Gasteiger partial charge < -0.3 is 9.05 Å². The molecule has 10 heavy (non-hydrogen) atoms. The highest BCUT2D eigenvalue weighted by molar-refractivity contribution is 7.76. The number of halogens is 3. The third kappa shape index (κ3) is 7.33. The minimum Gasteiger partial charge on any atom is -0.303 e. The van der Waals surface area contributed by atoms with E-state index in [1.54, 1.807) is 13.8 Å². The van der Waals surface area contributed by atoms with E-state index < -0.39 is 18.9 Å². The van der Waals surface area contributed by atoms with E-state index in [9.17, 15) is 0 Å². The van der Waals surface area contributed by atoms with Crippen molar-refractivity contribution in [2.24, 2.45) is 0 Å². The van der Waals surface area contributed by atoms with Crippen LogP contribution >= 0.6 is 42.2 Å². The van der Waals surface area contributed by atoms with Gasteiger partial charge in [0.05, 0.1) is 0 Å². The quantitative estimate of drug-likeness (QED) is 0.537. The molecule has 0 bridgehead atoms. The molecule has 0 rings (SSSR count). The molecule has 0 spiro atoms. The Balaban J connectivity index is 3.34. The molecule has 0 saturated carbocycles. The smallest absolute Gasteiger partial charge is 0.279 e. The maximum Gasteiger partial charge on any atom is 0.279 e. The van der Waals surface area contributed by atoms with E-state index in [0.29, 0.717) is 0 Å². The Morgan fingerprint density at radius 3 is 1.60 bits per heavy atom. The monoisotopic (exact) mass is 224 g/mol. The third-order valence-corrected chi connectivity index (χ3v) is 2.32. The summed E-state index contributed by atoms with van der Waals surface area (Å²) in [5.74, 6) is 0. The van der Waals surface area contributed by atoms with Crippen LogP contribution in [0.25, 0.3) is 0 Å². The minimum absolute atomic E-state index is 0.445. The van der Waals surface area contributed by atoms with E-state index in [1.165, 1.54) is 0 Å². The predicted octanol–water partition coefficient (Wildman–Crippen LogP) is 3.65. The summed E-state index contributed by atoms with van der Waals surface area (Å²) in [6, 6.07) is 0. The van der Waals surface area contributed by atoms with Gasteiger partial charge in [-0.15, -0.1) is 0 Å². The average molecular weight is 225 g/mol. The molecule has 62 valence electrons. The highest BCUT2D eigenvalue weighted by Gasteiger charge is 2.12. The lowest BCUT2D eigenvalue weighted by atomic mass is 10.9. The first-order valence-corrected chi connectivity index (χ1v) is 5.55. The van der Waals surface area contributed by atoms with Crippen molar-refractivity contribution in [1.82, 2.24) is 0 Å². The van der Waals surface area contributed by atoms with Crippen molar-refractivity contribution in [3.05, 3.63) is 0 Å². The molecule has 6 heteroatoms. The molecule has 2 nitrogen and oxygen atoms in total. The molecule has 0 aromatic carbocycles. The van der Waals surface area contributed by atoms with E-state index in [0.717, 1.165) is 0 Å². The first kappa shape index (κ1) is 11.2. The van der Waals surface area contributed by atoms with Gasteiger partial charge >= 0.3 is 0 Å². The zero-order chi connectivity index (χ0) is 8.15. The summed E-state index contributed by atoms with van der Waals surface area (Å²) in [6.07, 6.45) is 0. The molecule has 0 saturated heterocycles. The average Bonchev–Trinajstić information content (AvgIpc) is 1.58. The Bertz CT molecular complexity index is 80.6. The van der Waals surface area contributed by atoms with E-state index in [1.807, 2.05) is 0 Å². The van der Waals surface area contributed by atoms with Crippen LogP contribution in [0.5, 0.6) is 0 Å². The molecule has 2 atom stereocenters. The standard InChI is InChI=1S/C4H8Cl3O2P/c1-3(5)8-10(7)9-4(2)6/h3-4H,1-2H3. The van der Waals surface area contributed by atoms with Gasteiger partial charge in [-0.2, -0.15) is 0 Å². The highest BCUT2D eigenvalue weighted by Crippen LogP contribution is 2.47. The van der Waals surface area contributed by atoms with E-state index in [2.05, 4.69) is 0 Å². The molecule has 0 radical (unpaired) electrons. The SMILES string of the molecule is CC(Cl)OP(Cl)OC(C)Cl. The lowest BCUT2D eigenvalue weighted by Crippen LogP contribution is -1.97. The maximum absolute atomic E-state index is 5.52. The molecule has 0 aliphatic carbocycles. The normalized spacial score (nSPS) is 20.1. The van der Waals surface area contributed by atoms with Crippen LogP contribution in [0.4, 0.5) is 0 Å². The van der Waals surface area contributed by atoms with Crippen molar-refractivity contribution in [2.45, 2.75) is 25.0 Å². The molecule has 2 unspecified atom stereocenters. The van der Waals surface area contributed by atoms with Gasteiger partial charge in [-0.3, -0.25) is 0 Å². The Hall–Kier alpha value is 1.22. The Kier molecular flexibility index (Phi) is 6.53. The van der Waals surface area contributed by atoms with Crippen LogP contribution < -0.4 is 0 Å². The summed E-state index contributed by atoms with van der Waals surface area (Å²) in [6.45, 7) is 3.31. The molecule has 0 aliphatic heterocycles. The third-order valence-electron chi connectivity index (χ3n) is 0.456. The van der Waals surface area contributed by atoms with Gasteiger partial charge in [0.25, 0.3) is 7.73 Å². The predicted molar refractivity (Wildman–Crippen MR) is 45.6 cm³/mol. The van der Waals surface area contributed by atoms with Crippen molar-refractivity contribution in [1.29, 1.82) is 0 Å².